The van der Waals surface area contributed by atoms with E-state index in [0.29, 0.717) is 0 Å². The molecule has 2 fully saturated rings. The van der Waals surface area contributed by atoms with Gasteiger partial charge in [0.2, 0.25) is 0 Å². The zero-order valence-electron chi connectivity index (χ0n) is 15.7. The Labute approximate surface area is 157 Å². The van der Waals surface area contributed by atoms with Gasteiger partial charge in [-0.15, -0.1) is 0 Å². The lowest BCUT2D eigenvalue weighted by molar-refractivity contribution is -0.314. The molecule has 0 aromatic rings. The topological polar surface area (TPSA) is 155 Å². The molecule has 0 amide bonds. The second-order valence-corrected chi connectivity index (χ2v) is 7.22. The fraction of sp³-hybridized carbons (Fsp3) is 0.941. The number of carbonyl (C=O) groups excluding carboxylic acids is 1. The van der Waals surface area contributed by atoms with E-state index in [0.717, 1.165) is 0 Å². The predicted molar refractivity (Wildman–Crippen MR) is 89.3 cm³/mol. The molecule has 158 valence electrons. The third kappa shape index (κ3) is 4.96. The summed E-state index contributed by atoms with van der Waals surface area (Å²) in [6, 6.07) is 0. The number of hydrogen-bond donors (Lipinski definition) is 5. The lowest BCUT2D eigenvalue weighted by Gasteiger charge is -2.46. The highest BCUT2D eigenvalue weighted by atomic mass is 16.7. The lowest BCUT2D eigenvalue weighted by atomic mass is 9.76. The van der Waals surface area contributed by atoms with E-state index in [2.05, 4.69) is 0 Å². The van der Waals surface area contributed by atoms with Gasteiger partial charge in [-0.3, -0.25) is 4.79 Å². The minimum Gasteiger partial charge on any atom is -0.465 e. The van der Waals surface area contributed by atoms with Crippen molar-refractivity contribution in [2.75, 3.05) is 20.3 Å². The SMILES string of the molecule is COC1OC(CO)C(O)C(OC2CC(COC(C)=O)C(O)C(C)C2O)[C@H]1O. The molecular formula is C17H30O10. The van der Waals surface area contributed by atoms with E-state index in [1.165, 1.54) is 14.0 Å². The molecule has 10 atom stereocenters. The number of carbonyl (C=O) groups is 1. The summed E-state index contributed by atoms with van der Waals surface area (Å²) in [5.74, 6) is -1.54. The van der Waals surface area contributed by atoms with Crippen molar-refractivity contribution in [1.29, 1.82) is 0 Å². The number of aliphatic hydroxyl groups excluding tert-OH is 5. The molecule has 10 nitrogen and oxygen atoms in total. The summed E-state index contributed by atoms with van der Waals surface area (Å²) >= 11 is 0. The highest BCUT2D eigenvalue weighted by Crippen LogP contribution is 2.35. The standard InChI is InChI=1S/C17H30O10/c1-7-12(20)9(6-25-8(2)19)4-10(13(7)21)26-16-14(22)11(5-18)27-17(24-3)15(16)23/h7,9-18,20-23H,4-6H2,1-3H3/t7?,9?,10?,11?,12?,13?,14?,15-,16?,17?/m1/s1. The molecule has 10 heteroatoms. The molecule has 0 aromatic carbocycles. The largest absolute Gasteiger partial charge is 0.465 e. The van der Waals surface area contributed by atoms with Gasteiger partial charge in [0.1, 0.15) is 24.4 Å². The molecule has 0 radical (unpaired) electrons. The van der Waals surface area contributed by atoms with Crippen LogP contribution in [0.15, 0.2) is 0 Å². The smallest absolute Gasteiger partial charge is 0.302 e. The quantitative estimate of drug-likeness (QED) is 0.312. The first-order valence-corrected chi connectivity index (χ1v) is 9.01. The van der Waals surface area contributed by atoms with E-state index in [9.17, 15) is 30.3 Å². The van der Waals surface area contributed by atoms with Crippen LogP contribution in [0.4, 0.5) is 0 Å². The summed E-state index contributed by atoms with van der Waals surface area (Å²) in [6.45, 7) is 2.35. The van der Waals surface area contributed by atoms with Gasteiger partial charge in [-0.1, -0.05) is 6.92 Å². The Bertz CT molecular complexity index is 472. The summed E-state index contributed by atoms with van der Waals surface area (Å²) in [4.78, 5) is 11.1. The second-order valence-electron chi connectivity index (χ2n) is 7.22. The van der Waals surface area contributed by atoms with Gasteiger partial charge < -0.3 is 44.5 Å². The van der Waals surface area contributed by atoms with E-state index >= 15 is 0 Å². The van der Waals surface area contributed by atoms with Gasteiger partial charge in [-0.05, 0) is 6.42 Å². The third-order valence-electron chi connectivity index (χ3n) is 5.36. The minimum atomic E-state index is -1.35. The molecule has 0 aromatic heterocycles. The van der Waals surface area contributed by atoms with Crippen molar-refractivity contribution in [3.05, 3.63) is 0 Å². The molecule has 1 aliphatic heterocycles. The summed E-state index contributed by atoms with van der Waals surface area (Å²) in [5.41, 5.74) is 0. The van der Waals surface area contributed by atoms with Crippen LogP contribution in [0.25, 0.3) is 0 Å². The van der Waals surface area contributed by atoms with Crippen molar-refractivity contribution in [3.8, 4) is 0 Å². The lowest BCUT2D eigenvalue weighted by Crippen LogP contribution is -2.62. The van der Waals surface area contributed by atoms with Crippen LogP contribution in [0.1, 0.15) is 20.3 Å². The zero-order valence-corrected chi connectivity index (χ0v) is 15.7. The van der Waals surface area contributed by atoms with Crippen LogP contribution >= 0.6 is 0 Å². The molecule has 1 heterocycles. The molecule has 1 saturated heterocycles. The zero-order chi connectivity index (χ0) is 20.3. The first-order valence-electron chi connectivity index (χ1n) is 9.01. The Morgan fingerprint density at radius 3 is 2.33 bits per heavy atom. The molecule has 5 N–H and O–H groups in total. The Morgan fingerprint density at radius 1 is 1.11 bits per heavy atom. The van der Waals surface area contributed by atoms with Crippen molar-refractivity contribution in [2.45, 2.75) is 69.3 Å². The van der Waals surface area contributed by atoms with Gasteiger partial charge in [0.05, 0.1) is 31.5 Å². The van der Waals surface area contributed by atoms with E-state index < -0.39 is 73.4 Å². The van der Waals surface area contributed by atoms with Gasteiger partial charge in [0.25, 0.3) is 0 Å². The fourth-order valence-electron chi connectivity index (χ4n) is 3.68. The van der Waals surface area contributed by atoms with E-state index in [4.69, 9.17) is 18.9 Å². The van der Waals surface area contributed by atoms with Gasteiger partial charge >= 0.3 is 5.97 Å². The summed E-state index contributed by atoms with van der Waals surface area (Å²) in [5, 5.41) is 50.9. The molecule has 1 saturated carbocycles. The summed E-state index contributed by atoms with van der Waals surface area (Å²) < 4.78 is 21.1. The molecular weight excluding hydrogens is 364 g/mol. The maximum absolute atomic E-state index is 11.1. The van der Waals surface area contributed by atoms with Crippen molar-refractivity contribution in [1.82, 2.24) is 0 Å². The number of hydrogen-bond acceptors (Lipinski definition) is 10. The van der Waals surface area contributed by atoms with Gasteiger partial charge in [0, 0.05) is 25.9 Å². The van der Waals surface area contributed by atoms with Gasteiger partial charge in [-0.25, -0.2) is 0 Å². The van der Waals surface area contributed by atoms with Crippen LogP contribution in [-0.4, -0.2) is 101 Å². The molecule has 9 unspecified atom stereocenters. The van der Waals surface area contributed by atoms with E-state index in [-0.39, 0.29) is 13.0 Å². The van der Waals surface area contributed by atoms with Crippen LogP contribution in [0.3, 0.4) is 0 Å². The Morgan fingerprint density at radius 2 is 1.78 bits per heavy atom. The number of aliphatic hydroxyl groups is 5. The van der Waals surface area contributed by atoms with E-state index in [1.807, 2.05) is 0 Å². The number of esters is 1. The number of ether oxygens (including phenoxy) is 4. The molecule has 2 rings (SSSR count). The maximum atomic E-state index is 11.1. The van der Waals surface area contributed by atoms with Gasteiger partial charge in [0.15, 0.2) is 6.29 Å². The first kappa shape index (κ1) is 22.4. The molecule has 27 heavy (non-hydrogen) atoms. The van der Waals surface area contributed by atoms with Crippen molar-refractivity contribution in [2.24, 2.45) is 11.8 Å². The average molecular weight is 394 g/mol. The molecule has 1 aliphatic carbocycles. The molecule has 2 aliphatic rings. The van der Waals surface area contributed by atoms with Gasteiger partial charge in [-0.2, -0.15) is 0 Å². The monoisotopic (exact) mass is 394 g/mol. The van der Waals surface area contributed by atoms with E-state index in [1.54, 1.807) is 6.92 Å². The van der Waals surface area contributed by atoms with Crippen molar-refractivity contribution < 1.29 is 49.3 Å². The highest BCUT2D eigenvalue weighted by Gasteiger charge is 2.49. The Kier molecular flexibility index (Phi) is 7.95. The molecule has 0 spiro atoms. The third-order valence-corrected chi connectivity index (χ3v) is 5.36. The number of rotatable bonds is 6. The number of methoxy groups -OCH3 is 1. The van der Waals surface area contributed by atoms with Crippen LogP contribution in [0.2, 0.25) is 0 Å². The van der Waals surface area contributed by atoms with Crippen LogP contribution in [-0.2, 0) is 23.7 Å². The van der Waals surface area contributed by atoms with Crippen molar-refractivity contribution in [3.63, 3.8) is 0 Å². The van der Waals surface area contributed by atoms with Crippen molar-refractivity contribution >= 4 is 5.97 Å². The predicted octanol–water partition coefficient (Wildman–Crippen LogP) is -2.23. The average Bonchev–Trinajstić information content (AvgIpc) is 2.64. The normalized spacial score (nSPS) is 45.5. The first-order chi connectivity index (χ1) is 12.7. The fourth-order valence-corrected chi connectivity index (χ4v) is 3.68. The van der Waals surface area contributed by atoms with Crippen LogP contribution in [0, 0.1) is 11.8 Å². The summed E-state index contributed by atoms with van der Waals surface area (Å²) in [6.07, 6.45) is -8.68. The Balaban J connectivity index is 2.13. The molecule has 0 bridgehead atoms. The second kappa shape index (κ2) is 9.57. The van der Waals surface area contributed by atoms with Crippen LogP contribution < -0.4 is 0 Å². The van der Waals surface area contributed by atoms with Crippen LogP contribution in [0.5, 0.6) is 0 Å². The minimum absolute atomic E-state index is 0.0355. The highest BCUT2D eigenvalue weighted by molar-refractivity contribution is 5.65. The maximum Gasteiger partial charge on any atom is 0.302 e. The summed E-state index contributed by atoms with van der Waals surface area (Å²) in [7, 11) is 1.31. The Hall–Kier alpha value is -0.850.